The summed E-state index contributed by atoms with van der Waals surface area (Å²) in [6.45, 7) is 3.96. The van der Waals surface area contributed by atoms with Gasteiger partial charge < -0.3 is 5.32 Å². The maximum absolute atomic E-state index is 13.1. The second kappa shape index (κ2) is 8.74. The molecule has 0 spiro atoms. The standard InChI is InChI=1S/C25H23ClN4O/c1-25(2,16-20-15-22(30-29-20)17-8-4-3-5-9-17)28-24(31)23-21(12-7-13-27-23)18-10-6-11-19(26)14-18/h3-15H,16H2,1-2H3,(H,28,31)(H,29,30). The van der Waals surface area contributed by atoms with E-state index in [0.717, 1.165) is 28.1 Å². The van der Waals surface area contributed by atoms with E-state index in [1.807, 2.05) is 80.6 Å². The third-order valence-corrected chi connectivity index (χ3v) is 5.18. The zero-order chi connectivity index (χ0) is 21.8. The molecule has 2 N–H and O–H groups in total. The summed E-state index contributed by atoms with van der Waals surface area (Å²) >= 11 is 6.14. The largest absolute Gasteiger partial charge is 0.345 e. The lowest BCUT2D eigenvalue weighted by atomic mass is 9.96. The van der Waals surface area contributed by atoms with Crippen molar-refractivity contribution in [3.8, 4) is 22.4 Å². The topological polar surface area (TPSA) is 70.7 Å². The first kappa shape index (κ1) is 20.8. The highest BCUT2D eigenvalue weighted by Crippen LogP contribution is 2.26. The summed E-state index contributed by atoms with van der Waals surface area (Å²) in [5.41, 5.74) is 4.32. The molecular weight excluding hydrogens is 408 g/mol. The van der Waals surface area contributed by atoms with Crippen molar-refractivity contribution in [2.45, 2.75) is 25.8 Å². The number of aromatic nitrogens is 3. The highest BCUT2D eigenvalue weighted by Gasteiger charge is 2.25. The molecule has 0 fully saturated rings. The summed E-state index contributed by atoms with van der Waals surface area (Å²) in [6, 6.07) is 23.1. The van der Waals surface area contributed by atoms with Crippen LogP contribution in [0.15, 0.2) is 79.0 Å². The van der Waals surface area contributed by atoms with Crippen LogP contribution in [0.1, 0.15) is 30.0 Å². The number of carbonyl (C=O) groups excluding carboxylic acids is 1. The molecule has 2 aromatic heterocycles. The van der Waals surface area contributed by atoms with Crippen LogP contribution < -0.4 is 5.32 Å². The predicted molar refractivity (Wildman–Crippen MR) is 124 cm³/mol. The molecular formula is C25H23ClN4O. The SMILES string of the molecule is CC(C)(Cc1cc(-c2ccccc2)n[nH]1)NC(=O)c1ncccc1-c1cccc(Cl)c1. The molecule has 2 aromatic carbocycles. The van der Waals surface area contributed by atoms with Crippen molar-refractivity contribution in [3.05, 3.63) is 95.4 Å². The van der Waals surface area contributed by atoms with Crippen LogP contribution in [0.4, 0.5) is 0 Å². The lowest BCUT2D eigenvalue weighted by molar-refractivity contribution is 0.0908. The summed E-state index contributed by atoms with van der Waals surface area (Å²) in [4.78, 5) is 17.5. The molecule has 0 aliphatic rings. The monoisotopic (exact) mass is 430 g/mol. The zero-order valence-electron chi connectivity index (χ0n) is 17.4. The van der Waals surface area contributed by atoms with E-state index >= 15 is 0 Å². The van der Waals surface area contributed by atoms with Crippen molar-refractivity contribution in [2.75, 3.05) is 0 Å². The fraction of sp³-hybridized carbons (Fsp3) is 0.160. The molecule has 4 aromatic rings. The van der Waals surface area contributed by atoms with Crippen molar-refractivity contribution >= 4 is 17.5 Å². The molecule has 0 saturated heterocycles. The molecule has 0 aliphatic heterocycles. The van der Waals surface area contributed by atoms with E-state index in [1.54, 1.807) is 12.3 Å². The number of halogens is 1. The number of benzene rings is 2. The summed E-state index contributed by atoms with van der Waals surface area (Å²) in [6.07, 6.45) is 2.22. The molecule has 2 heterocycles. The van der Waals surface area contributed by atoms with Gasteiger partial charge in [-0.2, -0.15) is 5.10 Å². The van der Waals surface area contributed by atoms with Crippen LogP contribution in [0, 0.1) is 0 Å². The minimum atomic E-state index is -0.513. The van der Waals surface area contributed by atoms with Crippen molar-refractivity contribution in [3.63, 3.8) is 0 Å². The average Bonchev–Trinajstić information content (AvgIpc) is 3.21. The quantitative estimate of drug-likeness (QED) is 0.421. The van der Waals surface area contributed by atoms with Crippen LogP contribution in [-0.2, 0) is 6.42 Å². The van der Waals surface area contributed by atoms with Gasteiger partial charge in [0.05, 0.1) is 5.69 Å². The van der Waals surface area contributed by atoms with Crippen LogP contribution in [-0.4, -0.2) is 26.6 Å². The van der Waals surface area contributed by atoms with E-state index in [1.165, 1.54) is 0 Å². The van der Waals surface area contributed by atoms with Gasteiger partial charge in [0.15, 0.2) is 0 Å². The Labute approximate surface area is 186 Å². The van der Waals surface area contributed by atoms with Gasteiger partial charge in [-0.25, -0.2) is 0 Å². The van der Waals surface area contributed by atoms with Gasteiger partial charge in [0, 0.05) is 40.0 Å². The molecule has 31 heavy (non-hydrogen) atoms. The first-order valence-corrected chi connectivity index (χ1v) is 10.4. The summed E-state index contributed by atoms with van der Waals surface area (Å²) in [5.74, 6) is -0.233. The van der Waals surface area contributed by atoms with E-state index in [-0.39, 0.29) is 5.91 Å². The van der Waals surface area contributed by atoms with Crippen LogP contribution >= 0.6 is 11.6 Å². The first-order valence-electron chi connectivity index (χ1n) is 10.0. The second-order valence-electron chi connectivity index (χ2n) is 8.07. The van der Waals surface area contributed by atoms with Gasteiger partial charge in [-0.3, -0.25) is 14.9 Å². The molecule has 6 heteroatoms. The summed E-state index contributed by atoms with van der Waals surface area (Å²) in [5, 5.41) is 11.2. The summed E-state index contributed by atoms with van der Waals surface area (Å²) in [7, 11) is 0. The lowest BCUT2D eigenvalue weighted by Gasteiger charge is -2.26. The Kier molecular flexibility index (Phi) is 5.87. The average molecular weight is 431 g/mol. The Morgan fingerprint density at radius 1 is 1.00 bits per heavy atom. The maximum Gasteiger partial charge on any atom is 0.270 e. The Morgan fingerprint density at radius 3 is 2.55 bits per heavy atom. The third kappa shape index (κ3) is 5.01. The van der Waals surface area contributed by atoms with Crippen LogP contribution in [0.5, 0.6) is 0 Å². The van der Waals surface area contributed by atoms with Gasteiger partial charge in [0.1, 0.15) is 5.69 Å². The number of nitrogens with zero attached hydrogens (tertiary/aromatic N) is 2. The molecule has 1 amide bonds. The molecule has 4 rings (SSSR count). The van der Waals surface area contributed by atoms with E-state index in [9.17, 15) is 4.79 Å². The zero-order valence-corrected chi connectivity index (χ0v) is 18.1. The number of pyridine rings is 1. The van der Waals surface area contributed by atoms with Crippen molar-refractivity contribution in [1.29, 1.82) is 0 Å². The number of hydrogen-bond acceptors (Lipinski definition) is 3. The minimum absolute atomic E-state index is 0.233. The normalized spacial score (nSPS) is 11.3. The van der Waals surface area contributed by atoms with Crippen LogP contribution in [0.25, 0.3) is 22.4 Å². The Bertz CT molecular complexity index is 1200. The molecule has 0 saturated carbocycles. The lowest BCUT2D eigenvalue weighted by Crippen LogP contribution is -2.45. The molecule has 0 aliphatic carbocycles. The van der Waals surface area contributed by atoms with Gasteiger partial charge >= 0.3 is 0 Å². The van der Waals surface area contributed by atoms with Crippen molar-refractivity contribution in [1.82, 2.24) is 20.5 Å². The summed E-state index contributed by atoms with van der Waals surface area (Å²) < 4.78 is 0. The number of aromatic amines is 1. The highest BCUT2D eigenvalue weighted by atomic mass is 35.5. The van der Waals surface area contributed by atoms with Gasteiger partial charge in [-0.05, 0) is 43.7 Å². The minimum Gasteiger partial charge on any atom is -0.345 e. The van der Waals surface area contributed by atoms with Crippen LogP contribution in [0.2, 0.25) is 5.02 Å². The fourth-order valence-corrected chi connectivity index (χ4v) is 3.76. The third-order valence-electron chi connectivity index (χ3n) is 4.94. The molecule has 156 valence electrons. The highest BCUT2D eigenvalue weighted by molar-refractivity contribution is 6.30. The Hall–Kier alpha value is -3.44. The molecule has 0 atom stereocenters. The Balaban J connectivity index is 1.52. The Morgan fingerprint density at radius 2 is 1.77 bits per heavy atom. The van der Waals surface area contributed by atoms with Gasteiger partial charge in [-0.1, -0.05) is 60.1 Å². The van der Waals surface area contributed by atoms with Crippen molar-refractivity contribution < 1.29 is 4.79 Å². The van der Waals surface area contributed by atoms with E-state index in [2.05, 4.69) is 20.5 Å². The number of hydrogen-bond donors (Lipinski definition) is 2. The number of carbonyl (C=O) groups is 1. The van der Waals surface area contributed by atoms with Crippen LogP contribution in [0.3, 0.4) is 0 Å². The smallest absolute Gasteiger partial charge is 0.270 e. The van der Waals surface area contributed by atoms with Crippen molar-refractivity contribution in [2.24, 2.45) is 0 Å². The van der Waals surface area contributed by atoms with Gasteiger partial charge in [0.25, 0.3) is 5.91 Å². The molecule has 0 radical (unpaired) electrons. The molecule has 0 bridgehead atoms. The number of nitrogens with one attached hydrogen (secondary N) is 2. The maximum atomic E-state index is 13.1. The number of H-pyrrole nitrogens is 1. The number of amides is 1. The molecule has 0 unspecified atom stereocenters. The predicted octanol–water partition coefficient (Wildman–Crippen LogP) is 5.54. The fourth-order valence-electron chi connectivity index (χ4n) is 3.57. The van der Waals surface area contributed by atoms with E-state index in [4.69, 9.17) is 11.6 Å². The first-order chi connectivity index (χ1) is 14.9. The van der Waals surface area contributed by atoms with E-state index in [0.29, 0.717) is 17.1 Å². The molecule has 5 nitrogen and oxygen atoms in total. The van der Waals surface area contributed by atoms with E-state index < -0.39 is 5.54 Å². The second-order valence-corrected chi connectivity index (χ2v) is 8.51. The number of rotatable bonds is 6. The van der Waals surface area contributed by atoms with Gasteiger partial charge in [0.2, 0.25) is 0 Å². The van der Waals surface area contributed by atoms with Gasteiger partial charge in [-0.15, -0.1) is 0 Å².